The first-order valence-corrected chi connectivity index (χ1v) is 18.1. The van der Waals surface area contributed by atoms with Gasteiger partial charge in [0.1, 0.15) is 0 Å². The molecule has 0 aliphatic carbocycles. The lowest BCUT2D eigenvalue weighted by Gasteiger charge is -2.17. The van der Waals surface area contributed by atoms with Crippen molar-refractivity contribution in [1.29, 1.82) is 5.26 Å². The molecule has 256 valence electrons. The Balaban J connectivity index is 1.37. The van der Waals surface area contributed by atoms with Crippen LogP contribution in [-0.2, 0) is 0 Å². The monoisotopic (exact) mass is 693 g/mol. The van der Waals surface area contributed by atoms with Crippen molar-refractivity contribution in [2.75, 3.05) is 0 Å². The third kappa shape index (κ3) is 5.81. The predicted octanol–water partition coefficient (Wildman–Crippen LogP) is 12.1. The van der Waals surface area contributed by atoms with E-state index < -0.39 is 0 Å². The summed E-state index contributed by atoms with van der Waals surface area (Å²) in [5.41, 5.74) is 14.5. The van der Waals surface area contributed by atoms with Crippen LogP contribution in [0.2, 0.25) is 0 Å². The zero-order valence-corrected chi connectivity index (χ0v) is 30.2. The van der Waals surface area contributed by atoms with E-state index in [1.54, 1.807) is 0 Å². The number of nitriles is 1. The van der Waals surface area contributed by atoms with Crippen LogP contribution in [0.4, 0.5) is 0 Å². The van der Waals surface area contributed by atoms with Gasteiger partial charge in [-0.15, -0.1) is 0 Å². The second kappa shape index (κ2) is 13.4. The molecule has 0 amide bonds. The number of hydrogen-bond donors (Lipinski definition) is 0. The summed E-state index contributed by atoms with van der Waals surface area (Å²) in [5.74, 6) is 1.78. The first-order valence-electron chi connectivity index (χ1n) is 18.1. The van der Waals surface area contributed by atoms with Crippen LogP contribution in [-0.4, -0.2) is 19.5 Å². The summed E-state index contributed by atoms with van der Waals surface area (Å²) in [5, 5.41) is 12.1. The van der Waals surface area contributed by atoms with E-state index in [9.17, 15) is 5.26 Å². The maximum absolute atomic E-state index is 9.78. The minimum atomic E-state index is 0.572. The molecule has 5 heteroatoms. The van der Waals surface area contributed by atoms with E-state index >= 15 is 0 Å². The number of nitrogens with zero attached hydrogens (tertiary/aromatic N) is 5. The van der Waals surface area contributed by atoms with Crippen molar-refractivity contribution in [3.8, 4) is 68.2 Å². The van der Waals surface area contributed by atoms with Crippen LogP contribution in [0, 0.1) is 32.1 Å². The van der Waals surface area contributed by atoms with Gasteiger partial charge in [0.2, 0.25) is 0 Å². The van der Waals surface area contributed by atoms with Crippen LogP contribution in [0.5, 0.6) is 0 Å². The Bertz CT molecular complexity index is 2840. The third-order valence-electron chi connectivity index (χ3n) is 10.1. The van der Waals surface area contributed by atoms with E-state index in [-0.39, 0.29) is 0 Å². The minimum Gasteiger partial charge on any atom is -0.308 e. The summed E-state index contributed by atoms with van der Waals surface area (Å²) in [6, 6.07) is 56.5. The highest BCUT2D eigenvalue weighted by molar-refractivity contribution is 6.11. The van der Waals surface area contributed by atoms with Gasteiger partial charge in [0.15, 0.2) is 17.5 Å². The van der Waals surface area contributed by atoms with Crippen molar-refractivity contribution >= 4 is 21.8 Å². The first kappa shape index (κ1) is 32.7. The predicted molar refractivity (Wildman–Crippen MR) is 220 cm³/mol. The molecule has 0 spiro atoms. The molecule has 9 rings (SSSR count). The van der Waals surface area contributed by atoms with Crippen molar-refractivity contribution in [2.45, 2.75) is 20.8 Å². The Morgan fingerprint density at radius 3 is 1.72 bits per heavy atom. The highest BCUT2D eigenvalue weighted by atomic mass is 15.1. The Morgan fingerprint density at radius 2 is 1.04 bits per heavy atom. The Labute approximate surface area is 314 Å². The number of fused-ring (bicyclic) bond motifs is 3. The molecule has 0 saturated heterocycles. The summed E-state index contributed by atoms with van der Waals surface area (Å²) in [6.07, 6.45) is 0. The summed E-state index contributed by atoms with van der Waals surface area (Å²) in [6.45, 7) is 6.54. The van der Waals surface area contributed by atoms with Gasteiger partial charge in [0, 0.05) is 27.5 Å². The highest BCUT2D eigenvalue weighted by Gasteiger charge is 2.21. The molecule has 54 heavy (non-hydrogen) atoms. The van der Waals surface area contributed by atoms with Gasteiger partial charge in [-0.2, -0.15) is 5.26 Å². The van der Waals surface area contributed by atoms with Gasteiger partial charge in [0.05, 0.1) is 28.4 Å². The maximum atomic E-state index is 9.78. The second-order valence-electron chi connectivity index (χ2n) is 13.8. The molecule has 2 aromatic heterocycles. The number of para-hydroxylation sites is 1. The summed E-state index contributed by atoms with van der Waals surface area (Å²) >= 11 is 0. The van der Waals surface area contributed by atoms with E-state index in [1.807, 2.05) is 78.9 Å². The lowest BCUT2D eigenvalue weighted by atomic mass is 9.93. The zero-order chi connectivity index (χ0) is 36.8. The molecule has 5 nitrogen and oxygen atoms in total. The SMILES string of the molecule is Cc1cc(C)c(-c2ccc3c4ccccc4n(-c4cc(-c5cccc(C#N)c5)ccc4-c4nc(-c5ccccc5)nc(-c5ccccc5)n4)c3c2)c(C)c1. The maximum Gasteiger partial charge on any atom is 0.166 e. The molecular weight excluding hydrogens is 659 g/mol. The fourth-order valence-corrected chi connectivity index (χ4v) is 7.80. The molecular formula is C49H35N5. The summed E-state index contributed by atoms with van der Waals surface area (Å²) < 4.78 is 2.36. The lowest BCUT2D eigenvalue weighted by Crippen LogP contribution is -2.04. The smallest absolute Gasteiger partial charge is 0.166 e. The number of rotatable bonds is 6. The van der Waals surface area contributed by atoms with Crippen molar-refractivity contribution in [2.24, 2.45) is 0 Å². The van der Waals surface area contributed by atoms with Gasteiger partial charge in [-0.05, 0) is 90.6 Å². The normalized spacial score (nSPS) is 11.2. The Hall–Kier alpha value is -7.16. The standard InChI is InChI=1S/C49H35N5/c1-31-25-32(2)46(33(3)26-31)39-22-23-41-40-19-10-11-20-43(40)54(44(41)29-39)45-28-38(37-18-12-13-34(27-37)30-50)21-24-42(45)49-52-47(35-14-6-4-7-15-35)51-48(53-49)36-16-8-5-9-17-36/h4-29H,1-3H3. The average molecular weight is 694 g/mol. The summed E-state index contributed by atoms with van der Waals surface area (Å²) in [7, 11) is 0. The largest absolute Gasteiger partial charge is 0.308 e. The lowest BCUT2D eigenvalue weighted by molar-refractivity contribution is 1.06. The number of aryl methyl sites for hydroxylation is 3. The first-order chi connectivity index (χ1) is 26.4. The molecule has 2 heterocycles. The second-order valence-corrected chi connectivity index (χ2v) is 13.8. The molecule has 0 aliphatic heterocycles. The minimum absolute atomic E-state index is 0.572. The molecule has 0 saturated carbocycles. The van der Waals surface area contributed by atoms with E-state index in [0.29, 0.717) is 23.0 Å². The third-order valence-corrected chi connectivity index (χ3v) is 10.1. The summed E-state index contributed by atoms with van der Waals surface area (Å²) in [4.78, 5) is 15.3. The van der Waals surface area contributed by atoms with E-state index in [0.717, 1.165) is 55.3 Å². The van der Waals surface area contributed by atoms with Crippen LogP contribution in [0.1, 0.15) is 22.3 Å². The van der Waals surface area contributed by atoms with Crippen molar-refractivity contribution in [1.82, 2.24) is 19.5 Å². The average Bonchev–Trinajstić information content (AvgIpc) is 3.54. The molecule has 0 atom stereocenters. The molecule has 0 N–H and O–H groups in total. The van der Waals surface area contributed by atoms with Gasteiger partial charge < -0.3 is 4.57 Å². The van der Waals surface area contributed by atoms with E-state index in [1.165, 1.54) is 27.8 Å². The fraction of sp³-hybridized carbons (Fsp3) is 0.0612. The fourth-order valence-electron chi connectivity index (χ4n) is 7.80. The molecule has 0 aliphatic rings. The molecule has 0 unspecified atom stereocenters. The molecule has 9 aromatic rings. The molecule has 0 fully saturated rings. The quantitative estimate of drug-likeness (QED) is 0.174. The van der Waals surface area contributed by atoms with Crippen LogP contribution in [0.15, 0.2) is 158 Å². The van der Waals surface area contributed by atoms with Crippen LogP contribution >= 0.6 is 0 Å². The number of benzene rings is 7. The van der Waals surface area contributed by atoms with Gasteiger partial charge in [-0.3, -0.25) is 0 Å². The van der Waals surface area contributed by atoms with Crippen molar-refractivity contribution in [3.05, 3.63) is 180 Å². The highest BCUT2D eigenvalue weighted by Crippen LogP contribution is 2.40. The molecule has 0 radical (unpaired) electrons. The topological polar surface area (TPSA) is 67.4 Å². The van der Waals surface area contributed by atoms with Crippen molar-refractivity contribution < 1.29 is 0 Å². The Kier molecular flexibility index (Phi) is 8.14. The Morgan fingerprint density at radius 1 is 0.463 bits per heavy atom. The van der Waals surface area contributed by atoms with Crippen LogP contribution in [0.25, 0.3) is 83.9 Å². The number of aromatic nitrogens is 4. The van der Waals surface area contributed by atoms with Crippen molar-refractivity contribution in [3.63, 3.8) is 0 Å². The van der Waals surface area contributed by atoms with Gasteiger partial charge in [-0.25, -0.2) is 15.0 Å². The molecule has 0 bridgehead atoms. The van der Waals surface area contributed by atoms with Gasteiger partial charge >= 0.3 is 0 Å². The van der Waals surface area contributed by atoms with Gasteiger partial charge in [-0.1, -0.05) is 127 Å². The van der Waals surface area contributed by atoms with Gasteiger partial charge in [0.25, 0.3) is 0 Å². The van der Waals surface area contributed by atoms with E-state index in [2.05, 4.69) is 110 Å². The van der Waals surface area contributed by atoms with Crippen LogP contribution < -0.4 is 0 Å². The van der Waals surface area contributed by atoms with Crippen LogP contribution in [0.3, 0.4) is 0 Å². The van der Waals surface area contributed by atoms with E-state index in [4.69, 9.17) is 15.0 Å². The number of hydrogen-bond acceptors (Lipinski definition) is 4. The zero-order valence-electron chi connectivity index (χ0n) is 30.2. The molecule has 7 aromatic carbocycles.